The van der Waals surface area contributed by atoms with E-state index < -0.39 is 0 Å². The summed E-state index contributed by atoms with van der Waals surface area (Å²) in [6, 6.07) is 0. The third-order valence-electron chi connectivity index (χ3n) is 1.16. The van der Waals surface area contributed by atoms with Crippen LogP contribution in [0.1, 0.15) is 5.69 Å². The first-order valence-corrected chi connectivity index (χ1v) is 4.23. The molecule has 0 unspecified atom stereocenters. The minimum absolute atomic E-state index is 0.979. The Kier molecular flexibility index (Phi) is 2.94. The Balaban J connectivity index is 2.94. The van der Waals surface area contributed by atoms with Crippen LogP contribution in [-0.2, 0) is 0 Å². The summed E-state index contributed by atoms with van der Waals surface area (Å²) in [5.41, 5.74) is 1.97. The van der Waals surface area contributed by atoms with Crippen molar-refractivity contribution in [3.05, 3.63) is 30.7 Å². The van der Waals surface area contributed by atoms with Crippen LogP contribution in [0.15, 0.2) is 25.0 Å². The van der Waals surface area contributed by atoms with Crippen molar-refractivity contribution in [2.45, 2.75) is 6.92 Å². The maximum Gasteiger partial charge on any atom is 0.111 e. The van der Waals surface area contributed by atoms with Crippen LogP contribution < -0.4 is 5.44 Å². The Hall–Kier alpha value is -1.01. The van der Waals surface area contributed by atoms with Crippen LogP contribution in [-0.4, -0.2) is 15.8 Å². The molecule has 3 heteroatoms. The van der Waals surface area contributed by atoms with E-state index in [1.165, 1.54) is 0 Å². The van der Waals surface area contributed by atoms with Gasteiger partial charge in [0.1, 0.15) is 5.44 Å². The van der Waals surface area contributed by atoms with Crippen molar-refractivity contribution in [2.75, 3.05) is 0 Å². The normalized spacial score (nSPS) is 10.3. The van der Waals surface area contributed by atoms with Gasteiger partial charge in [-0.3, -0.25) is 4.98 Å². The first-order chi connectivity index (χ1) is 5.34. The van der Waals surface area contributed by atoms with Crippen molar-refractivity contribution in [3.63, 3.8) is 0 Å². The number of nitrogens with zero attached hydrogens (tertiary/aromatic N) is 2. The molecule has 1 aromatic heterocycles. The summed E-state index contributed by atoms with van der Waals surface area (Å²) in [4.78, 5) is 8.27. The lowest BCUT2D eigenvalue weighted by atomic mass is 10.5. The predicted molar refractivity (Wildman–Crippen MR) is 49.6 cm³/mol. The van der Waals surface area contributed by atoms with Gasteiger partial charge in [0, 0.05) is 12.4 Å². The molecule has 1 aromatic rings. The maximum atomic E-state index is 4.16. The second kappa shape index (κ2) is 3.99. The zero-order valence-corrected chi connectivity index (χ0v) is 7.25. The SMILES string of the molecule is C=C/C=P\c1nccnc1C. The van der Waals surface area contributed by atoms with Crippen molar-refractivity contribution in [1.82, 2.24) is 9.97 Å². The van der Waals surface area contributed by atoms with E-state index in [2.05, 4.69) is 16.5 Å². The molecular formula is C8H9N2P. The Morgan fingerprint density at radius 1 is 1.45 bits per heavy atom. The molecule has 1 rings (SSSR count). The third kappa shape index (κ3) is 2.24. The Bertz CT molecular complexity index is 281. The molecule has 56 valence electrons. The van der Waals surface area contributed by atoms with Gasteiger partial charge < -0.3 is 0 Å². The van der Waals surface area contributed by atoms with Crippen molar-refractivity contribution in [1.29, 1.82) is 0 Å². The molecule has 0 saturated heterocycles. The lowest BCUT2D eigenvalue weighted by molar-refractivity contribution is 1.16. The minimum Gasteiger partial charge on any atom is -0.257 e. The number of allylic oxidation sites excluding steroid dienone is 1. The van der Waals surface area contributed by atoms with Gasteiger partial charge in [0.25, 0.3) is 0 Å². The van der Waals surface area contributed by atoms with E-state index in [1.807, 2.05) is 12.7 Å². The molecule has 0 bridgehead atoms. The highest BCUT2D eigenvalue weighted by atomic mass is 31.1. The van der Waals surface area contributed by atoms with E-state index >= 15 is 0 Å². The zero-order valence-electron chi connectivity index (χ0n) is 6.36. The first kappa shape index (κ1) is 8.09. The van der Waals surface area contributed by atoms with Gasteiger partial charge in [0.15, 0.2) is 0 Å². The maximum absolute atomic E-state index is 4.16. The summed E-state index contributed by atoms with van der Waals surface area (Å²) in [5, 5.41) is 0. The predicted octanol–water partition coefficient (Wildman–Crippen LogP) is 1.34. The molecule has 0 saturated carbocycles. The van der Waals surface area contributed by atoms with Crippen molar-refractivity contribution < 1.29 is 0 Å². The standard InChI is InChI=1S/C8H9N2P/c1-3-6-11-8-7(2)9-4-5-10-8/h3-6H,1H2,2H3. The van der Waals surface area contributed by atoms with Crippen LogP contribution in [0.2, 0.25) is 0 Å². The zero-order chi connectivity index (χ0) is 8.10. The third-order valence-corrected chi connectivity index (χ3v) is 2.20. The van der Waals surface area contributed by atoms with Crippen molar-refractivity contribution in [3.8, 4) is 0 Å². The molecule has 0 amide bonds. The number of hydrogen-bond acceptors (Lipinski definition) is 2. The summed E-state index contributed by atoms with van der Waals surface area (Å²) in [5.74, 6) is 1.94. The molecular weight excluding hydrogens is 155 g/mol. The van der Waals surface area contributed by atoms with Crippen molar-refractivity contribution >= 4 is 19.4 Å². The highest BCUT2D eigenvalue weighted by Crippen LogP contribution is 1.96. The highest BCUT2D eigenvalue weighted by Gasteiger charge is 1.92. The van der Waals surface area contributed by atoms with Gasteiger partial charge in [-0.1, -0.05) is 12.7 Å². The molecule has 0 aliphatic heterocycles. The van der Waals surface area contributed by atoms with Crippen LogP contribution in [0.25, 0.3) is 0 Å². The largest absolute Gasteiger partial charge is 0.257 e. The van der Waals surface area contributed by atoms with Gasteiger partial charge in [-0.25, -0.2) is 4.98 Å². The second-order valence-corrected chi connectivity index (χ2v) is 2.96. The molecule has 0 spiro atoms. The molecule has 0 aromatic carbocycles. The van der Waals surface area contributed by atoms with Crippen LogP contribution in [0, 0.1) is 6.92 Å². The van der Waals surface area contributed by atoms with E-state index in [-0.39, 0.29) is 0 Å². The summed E-state index contributed by atoms with van der Waals surface area (Å²) >= 11 is 0. The van der Waals surface area contributed by atoms with Gasteiger partial charge in [-0.05, 0) is 20.9 Å². The smallest absolute Gasteiger partial charge is 0.111 e. The highest BCUT2D eigenvalue weighted by molar-refractivity contribution is 7.47. The number of rotatable bonds is 2. The summed E-state index contributed by atoms with van der Waals surface area (Å²) in [6.07, 6.45) is 5.16. The molecule has 0 fully saturated rings. The Morgan fingerprint density at radius 2 is 2.18 bits per heavy atom. The molecule has 0 N–H and O–H groups in total. The minimum atomic E-state index is 0.979. The number of aryl methyl sites for hydroxylation is 1. The topological polar surface area (TPSA) is 25.8 Å². The van der Waals surface area contributed by atoms with Crippen LogP contribution in [0.4, 0.5) is 0 Å². The van der Waals surface area contributed by atoms with Crippen LogP contribution >= 0.6 is 8.20 Å². The fraction of sp³-hybridized carbons (Fsp3) is 0.125. The summed E-state index contributed by atoms with van der Waals surface area (Å²) in [7, 11) is 1.06. The lowest BCUT2D eigenvalue weighted by Crippen LogP contribution is -2.04. The summed E-state index contributed by atoms with van der Waals surface area (Å²) in [6.45, 7) is 5.55. The van der Waals surface area contributed by atoms with E-state index in [0.717, 1.165) is 19.3 Å². The Morgan fingerprint density at radius 3 is 2.82 bits per heavy atom. The van der Waals surface area contributed by atoms with E-state index in [0.29, 0.717) is 0 Å². The molecule has 0 aliphatic carbocycles. The Labute approximate surface area is 67.8 Å². The number of aromatic nitrogens is 2. The van der Waals surface area contributed by atoms with Gasteiger partial charge in [-0.15, -0.1) is 0 Å². The van der Waals surface area contributed by atoms with Crippen LogP contribution in [0.5, 0.6) is 0 Å². The quantitative estimate of drug-likeness (QED) is 0.616. The fourth-order valence-electron chi connectivity index (χ4n) is 0.650. The monoisotopic (exact) mass is 164 g/mol. The average Bonchev–Trinajstić information content (AvgIpc) is 2.03. The molecule has 1 heterocycles. The van der Waals surface area contributed by atoms with E-state index in [9.17, 15) is 0 Å². The van der Waals surface area contributed by atoms with E-state index in [4.69, 9.17) is 0 Å². The first-order valence-electron chi connectivity index (χ1n) is 3.27. The molecule has 11 heavy (non-hydrogen) atoms. The van der Waals surface area contributed by atoms with Crippen molar-refractivity contribution in [2.24, 2.45) is 0 Å². The fourth-order valence-corrected chi connectivity index (χ4v) is 1.27. The number of hydrogen-bond donors (Lipinski definition) is 0. The van der Waals surface area contributed by atoms with Gasteiger partial charge >= 0.3 is 0 Å². The van der Waals surface area contributed by atoms with Gasteiger partial charge in [-0.2, -0.15) is 0 Å². The van der Waals surface area contributed by atoms with Gasteiger partial charge in [0.2, 0.25) is 0 Å². The lowest BCUT2D eigenvalue weighted by Gasteiger charge is -1.93. The van der Waals surface area contributed by atoms with Gasteiger partial charge in [0.05, 0.1) is 5.69 Å². The molecule has 2 nitrogen and oxygen atoms in total. The average molecular weight is 164 g/mol. The van der Waals surface area contributed by atoms with Crippen LogP contribution in [0.3, 0.4) is 0 Å². The van der Waals surface area contributed by atoms with E-state index in [1.54, 1.807) is 18.5 Å². The molecule has 0 atom stereocenters. The molecule has 0 aliphatic rings. The molecule has 0 radical (unpaired) electrons. The second-order valence-electron chi connectivity index (χ2n) is 1.98. The summed E-state index contributed by atoms with van der Waals surface area (Å²) < 4.78 is 0.